The molecule has 5 heteroatoms. The zero-order chi connectivity index (χ0) is 14.5. The van der Waals surface area contributed by atoms with Crippen LogP contribution < -0.4 is 5.32 Å². The van der Waals surface area contributed by atoms with Gasteiger partial charge in [0.15, 0.2) is 0 Å². The Kier molecular flexibility index (Phi) is 4.14. The third kappa shape index (κ3) is 3.21. The molecule has 0 aliphatic heterocycles. The molecule has 1 aromatic carbocycles. The number of rotatable bonds is 6. The summed E-state index contributed by atoms with van der Waals surface area (Å²) >= 11 is 0. The third-order valence-corrected chi connectivity index (χ3v) is 3.23. The van der Waals surface area contributed by atoms with Crippen LogP contribution in [0.3, 0.4) is 0 Å². The van der Waals surface area contributed by atoms with E-state index in [1.54, 1.807) is 12.3 Å². The van der Waals surface area contributed by atoms with Gasteiger partial charge in [0.2, 0.25) is 0 Å². The molecule has 2 aromatic heterocycles. The number of aliphatic hydroxyl groups excluding tert-OH is 1. The largest absolute Gasteiger partial charge is 0.462 e. The van der Waals surface area contributed by atoms with Crippen molar-refractivity contribution in [2.75, 3.05) is 0 Å². The Balaban J connectivity index is 1.65. The number of nitrogens with zero attached hydrogens (tertiary/aromatic N) is 2. The van der Waals surface area contributed by atoms with E-state index in [0.717, 1.165) is 17.0 Å². The third-order valence-electron chi connectivity index (χ3n) is 3.23. The van der Waals surface area contributed by atoms with Gasteiger partial charge >= 0.3 is 0 Å². The van der Waals surface area contributed by atoms with Gasteiger partial charge in [-0.3, -0.25) is 0 Å². The summed E-state index contributed by atoms with van der Waals surface area (Å²) in [7, 11) is 0. The lowest BCUT2D eigenvalue weighted by Gasteiger charge is -2.10. The number of hydrogen-bond acceptors (Lipinski definition) is 4. The van der Waals surface area contributed by atoms with E-state index < -0.39 is 0 Å². The average Bonchev–Trinajstić information content (AvgIpc) is 3.19. The molecule has 5 nitrogen and oxygen atoms in total. The minimum Gasteiger partial charge on any atom is -0.462 e. The van der Waals surface area contributed by atoms with E-state index in [-0.39, 0.29) is 6.61 Å². The summed E-state index contributed by atoms with van der Waals surface area (Å²) in [5.74, 6) is 1.40. The van der Waals surface area contributed by atoms with Crippen molar-refractivity contribution in [3.8, 4) is 5.69 Å². The van der Waals surface area contributed by atoms with Crippen LogP contribution in [0, 0.1) is 0 Å². The molecule has 0 aliphatic carbocycles. The molecule has 0 bridgehead atoms. The van der Waals surface area contributed by atoms with Crippen LogP contribution in [0.15, 0.2) is 59.3 Å². The second-order valence-electron chi connectivity index (χ2n) is 4.71. The van der Waals surface area contributed by atoms with Crippen LogP contribution in [0.4, 0.5) is 0 Å². The van der Waals surface area contributed by atoms with Crippen LogP contribution in [0.5, 0.6) is 0 Å². The summed E-state index contributed by atoms with van der Waals surface area (Å²) in [6.07, 6.45) is 3.70. The van der Waals surface area contributed by atoms with Gasteiger partial charge < -0.3 is 14.8 Å². The predicted octanol–water partition coefficient (Wildman–Crippen LogP) is 2.25. The summed E-state index contributed by atoms with van der Waals surface area (Å²) in [5.41, 5.74) is 2.22. The lowest BCUT2D eigenvalue weighted by molar-refractivity contribution is 0.242. The first-order valence-corrected chi connectivity index (χ1v) is 6.84. The highest BCUT2D eigenvalue weighted by molar-refractivity contribution is 5.40. The quantitative estimate of drug-likeness (QED) is 0.728. The lowest BCUT2D eigenvalue weighted by atomic mass is 10.2. The van der Waals surface area contributed by atoms with Crippen LogP contribution in [0.2, 0.25) is 0 Å². The van der Waals surface area contributed by atoms with Crippen LogP contribution >= 0.6 is 0 Å². The first-order chi connectivity index (χ1) is 10.4. The lowest BCUT2D eigenvalue weighted by Crippen LogP contribution is -2.14. The molecule has 0 fully saturated rings. The summed E-state index contributed by atoms with van der Waals surface area (Å²) in [6, 6.07) is 13.7. The second-order valence-corrected chi connectivity index (χ2v) is 4.71. The van der Waals surface area contributed by atoms with Crippen molar-refractivity contribution in [3.05, 3.63) is 71.9 Å². The van der Waals surface area contributed by atoms with Crippen LogP contribution in [-0.2, 0) is 19.7 Å². The Morgan fingerprint density at radius 2 is 1.90 bits per heavy atom. The Labute approximate surface area is 122 Å². The summed E-state index contributed by atoms with van der Waals surface area (Å²) in [6.45, 7) is 1.26. The zero-order valence-corrected chi connectivity index (χ0v) is 11.6. The minimum atomic E-state index is -0.0673. The van der Waals surface area contributed by atoms with Gasteiger partial charge in [0.25, 0.3) is 0 Å². The molecule has 2 N–H and O–H groups in total. The van der Waals surface area contributed by atoms with Crippen molar-refractivity contribution in [2.24, 2.45) is 0 Å². The van der Waals surface area contributed by atoms with Crippen molar-refractivity contribution < 1.29 is 9.52 Å². The zero-order valence-electron chi connectivity index (χ0n) is 11.6. The number of aliphatic hydroxyl groups is 1. The number of furan rings is 1. The van der Waals surface area contributed by atoms with Gasteiger partial charge in [-0.1, -0.05) is 18.2 Å². The number of aromatic nitrogens is 2. The fourth-order valence-corrected chi connectivity index (χ4v) is 2.22. The molecule has 0 radical (unpaired) electrons. The molecule has 0 amide bonds. The molecule has 0 saturated heterocycles. The first-order valence-electron chi connectivity index (χ1n) is 6.84. The van der Waals surface area contributed by atoms with E-state index in [4.69, 9.17) is 9.52 Å². The second kappa shape index (κ2) is 6.39. The van der Waals surface area contributed by atoms with Gasteiger partial charge in [-0.05, 0) is 29.8 Å². The normalized spacial score (nSPS) is 10.9. The number of benzene rings is 1. The Morgan fingerprint density at radius 3 is 2.67 bits per heavy atom. The van der Waals surface area contributed by atoms with E-state index in [1.165, 1.54) is 0 Å². The number of nitrogens with one attached hydrogen (secondary N) is 1. The highest BCUT2D eigenvalue weighted by atomic mass is 16.4. The summed E-state index contributed by atoms with van der Waals surface area (Å²) in [5, 5.41) is 16.6. The predicted molar refractivity (Wildman–Crippen MR) is 78.7 cm³/mol. The molecule has 0 spiro atoms. The van der Waals surface area contributed by atoms with Gasteiger partial charge in [-0.15, -0.1) is 0 Å². The van der Waals surface area contributed by atoms with Crippen molar-refractivity contribution in [1.82, 2.24) is 15.1 Å². The Bertz CT molecular complexity index is 689. The molecule has 3 rings (SSSR count). The maximum absolute atomic E-state index is 8.97. The topological polar surface area (TPSA) is 63.2 Å². The fourth-order valence-electron chi connectivity index (χ4n) is 2.22. The Morgan fingerprint density at radius 1 is 1.05 bits per heavy atom. The molecule has 0 unspecified atom stereocenters. The molecule has 0 saturated carbocycles. The first kappa shape index (κ1) is 13.6. The number of hydrogen-bond donors (Lipinski definition) is 2. The van der Waals surface area contributed by atoms with Crippen molar-refractivity contribution in [3.63, 3.8) is 0 Å². The minimum absolute atomic E-state index is 0.0673. The Hall–Kier alpha value is -2.37. The van der Waals surface area contributed by atoms with Crippen molar-refractivity contribution in [2.45, 2.75) is 19.7 Å². The summed E-state index contributed by atoms with van der Waals surface area (Å²) in [4.78, 5) is 0. The van der Waals surface area contributed by atoms with Gasteiger partial charge in [0.1, 0.15) is 18.1 Å². The van der Waals surface area contributed by atoms with E-state index in [9.17, 15) is 0 Å². The van der Waals surface area contributed by atoms with Gasteiger partial charge in [-0.2, -0.15) is 5.10 Å². The number of para-hydroxylation sites is 1. The maximum Gasteiger partial charge on any atom is 0.129 e. The smallest absolute Gasteiger partial charge is 0.129 e. The molecule has 0 aliphatic rings. The van der Waals surface area contributed by atoms with E-state index in [1.807, 2.05) is 41.2 Å². The molecule has 3 aromatic rings. The van der Waals surface area contributed by atoms with Crippen LogP contribution in [0.1, 0.15) is 17.1 Å². The van der Waals surface area contributed by atoms with Gasteiger partial charge in [-0.25, -0.2) is 4.68 Å². The summed E-state index contributed by atoms with van der Waals surface area (Å²) < 4.78 is 7.30. The van der Waals surface area contributed by atoms with Gasteiger partial charge in [0, 0.05) is 18.9 Å². The maximum atomic E-state index is 8.97. The molecule has 21 heavy (non-hydrogen) atoms. The van der Waals surface area contributed by atoms with Crippen molar-refractivity contribution >= 4 is 0 Å². The molecular formula is C16H17N3O2. The van der Waals surface area contributed by atoms with Gasteiger partial charge in [0.05, 0.1) is 12.2 Å². The standard InChI is InChI=1S/C16H17N3O2/c20-12-15-7-6-14(21-15)11-17-10-13-4-1-2-5-16(13)19-9-3-8-18-19/h1-9,17,20H,10-12H2. The van der Waals surface area contributed by atoms with E-state index in [2.05, 4.69) is 16.5 Å². The molecular weight excluding hydrogens is 266 g/mol. The SMILES string of the molecule is OCc1ccc(CNCc2ccccc2-n2cccn2)o1. The highest BCUT2D eigenvalue weighted by Gasteiger charge is 2.05. The average molecular weight is 283 g/mol. The van der Waals surface area contributed by atoms with E-state index in [0.29, 0.717) is 18.8 Å². The van der Waals surface area contributed by atoms with Crippen LogP contribution in [-0.4, -0.2) is 14.9 Å². The van der Waals surface area contributed by atoms with E-state index >= 15 is 0 Å². The molecule has 2 heterocycles. The monoisotopic (exact) mass is 283 g/mol. The molecule has 108 valence electrons. The highest BCUT2D eigenvalue weighted by Crippen LogP contribution is 2.14. The van der Waals surface area contributed by atoms with Crippen molar-refractivity contribution in [1.29, 1.82) is 0 Å². The van der Waals surface area contributed by atoms with Crippen LogP contribution in [0.25, 0.3) is 5.69 Å². The fraction of sp³-hybridized carbons (Fsp3) is 0.188. The molecule has 0 atom stereocenters.